The van der Waals surface area contributed by atoms with E-state index in [0.29, 0.717) is 36.2 Å². The molecule has 5 aromatic rings. The molecule has 2 N–H and O–H groups in total. The van der Waals surface area contributed by atoms with Crippen LogP contribution in [0.1, 0.15) is 106 Å². The number of aromatic nitrogens is 6. The number of aromatic carboxylic acids is 1. The third-order valence-electron chi connectivity index (χ3n) is 13.0. The Hall–Kier alpha value is -3.97. The number of thiazole rings is 1. The summed E-state index contributed by atoms with van der Waals surface area (Å²) in [6.45, 7) is 26.4. The summed E-state index contributed by atoms with van der Waals surface area (Å²) in [5.41, 5.74) is 5.36. The molecule has 1 aromatic carbocycles. The number of hydrogen-bond donors (Lipinski definition) is 2. The van der Waals surface area contributed by atoms with E-state index in [1.807, 2.05) is 48.4 Å². The zero-order valence-electron chi connectivity index (χ0n) is 37.5. The summed E-state index contributed by atoms with van der Waals surface area (Å²) in [7, 11) is 0. The van der Waals surface area contributed by atoms with Crippen molar-refractivity contribution in [2.45, 2.75) is 111 Å². The molecule has 14 heteroatoms. The van der Waals surface area contributed by atoms with Crippen molar-refractivity contribution >= 4 is 50.1 Å². The number of ether oxygens (including phenoxy) is 1. The average Bonchev–Trinajstić information content (AvgIpc) is 3.82. The Kier molecular flexibility index (Phi) is 16.4. The molecule has 8 rings (SSSR count). The van der Waals surface area contributed by atoms with Crippen LogP contribution in [-0.2, 0) is 34.2 Å². The number of nitrogens with one attached hydrogen (secondary N) is 1. The Morgan fingerprint density at radius 2 is 1.79 bits per heavy atom. The number of pyridine rings is 1. The van der Waals surface area contributed by atoms with Crippen molar-refractivity contribution < 1.29 is 31.1 Å². The minimum Gasteiger partial charge on any atom is -0.476 e. The average molecular weight is 907 g/mol. The Morgan fingerprint density at radius 1 is 1.02 bits per heavy atom. The fraction of sp³-hybridized carbons (Fsp3) is 0.500. The normalized spacial score (nSPS) is 21.7. The van der Waals surface area contributed by atoms with Crippen molar-refractivity contribution in [2.24, 2.45) is 10.8 Å². The summed E-state index contributed by atoms with van der Waals surface area (Å²) in [5, 5.41) is 29.0. The summed E-state index contributed by atoms with van der Waals surface area (Å²) in [6.07, 6.45) is 12.4. The Morgan fingerprint density at radius 3 is 2.52 bits per heavy atom. The van der Waals surface area contributed by atoms with Gasteiger partial charge in [-0.05, 0) is 100 Å². The van der Waals surface area contributed by atoms with Crippen LogP contribution < -0.4 is 10.2 Å². The number of rotatable bonds is 15. The summed E-state index contributed by atoms with van der Waals surface area (Å²) >= 11 is 1.58. The first kappa shape index (κ1) is 49.1. The van der Waals surface area contributed by atoms with Crippen LogP contribution in [0.4, 0.5) is 22.6 Å². The molecular formula is C48H65N9NiO3S-4. The van der Waals surface area contributed by atoms with Crippen molar-refractivity contribution in [1.82, 2.24) is 34.8 Å². The number of carbonyl (C=O) groups is 1. The minimum absolute atomic E-state index is 0. The SMILES string of the molecule is [CH2-]C.[CH2-]CN(C[CH2-])CCO[C@]12CCC[C@](C)(C[C@@](CCC)(Cn3ncc(-c4ccc(N5CCCc6c5nnc(Nc5nc7ccccc7s5)c6C)nc4C(=O)O)c3C)C1)C2.[CH3-].[Ni]. The Balaban J connectivity index is 0.00000179. The van der Waals surface area contributed by atoms with E-state index >= 15 is 0 Å². The van der Waals surface area contributed by atoms with Gasteiger partial charge in [-0.3, -0.25) is 4.68 Å². The summed E-state index contributed by atoms with van der Waals surface area (Å²) in [5.74, 6) is 0.830. The zero-order chi connectivity index (χ0) is 42.7. The largest absolute Gasteiger partial charge is 0.476 e. The smallest absolute Gasteiger partial charge is 0.355 e. The number of carboxylic acid groups (broad SMARTS) is 1. The van der Waals surface area contributed by atoms with Crippen molar-refractivity contribution in [2.75, 3.05) is 43.0 Å². The standard InChI is InChI=1S/C45H57N9O3S.C2H5.CH3.Ni/c1-7-19-44(26-43(6)20-13-21-45(27-43,28-44)57-24-23-52(8-2)9-3)29-54-31(5)34(25-46-54)33-17-18-37(48-38(33)41(55)56)53-22-12-14-32-30(4)39(50-51-40(32)53)49-42-47-35-15-10-11-16-36(35)58-42;1-2;;/h10-11,15-18,25H,2-3,7-9,12-14,19-24,26-29H2,1,4-6H3,(H,55,56)(H,47,49,50);1H2,2H3;1H3;/q-2;2*-1;/t43-,44-,45+;;;/m1.../s1. The van der Waals surface area contributed by atoms with Gasteiger partial charge in [0.25, 0.3) is 0 Å². The zero-order valence-corrected chi connectivity index (χ0v) is 39.3. The molecule has 1 aliphatic heterocycles. The number of anilines is 4. The Bertz CT molecular complexity index is 2260. The molecule has 3 aliphatic rings. The predicted octanol–water partition coefficient (Wildman–Crippen LogP) is 10.7. The molecule has 0 amide bonds. The van der Waals surface area contributed by atoms with Crippen LogP contribution in [0.5, 0.6) is 0 Å². The molecule has 2 bridgehead atoms. The molecule has 0 unspecified atom stereocenters. The molecule has 2 saturated carbocycles. The predicted molar refractivity (Wildman–Crippen MR) is 249 cm³/mol. The number of fused-ring (bicyclic) bond motifs is 4. The van der Waals surface area contributed by atoms with Crippen molar-refractivity contribution in [3.05, 3.63) is 93.3 Å². The Labute approximate surface area is 383 Å². The summed E-state index contributed by atoms with van der Waals surface area (Å²) in [6, 6.07) is 11.8. The van der Waals surface area contributed by atoms with Gasteiger partial charge in [0, 0.05) is 64.1 Å². The van der Waals surface area contributed by atoms with Gasteiger partial charge in [-0.2, -0.15) is 12.0 Å². The molecular weight excluding hydrogens is 841 g/mol. The van der Waals surface area contributed by atoms with E-state index in [4.69, 9.17) is 19.8 Å². The molecule has 0 radical (unpaired) electrons. The number of benzene rings is 1. The third-order valence-corrected chi connectivity index (χ3v) is 14.0. The van der Waals surface area contributed by atoms with Gasteiger partial charge in [-0.15, -0.1) is 23.3 Å². The molecule has 3 atom stereocenters. The molecule has 2 fully saturated rings. The van der Waals surface area contributed by atoms with Gasteiger partial charge in [0.05, 0.1) is 28.6 Å². The van der Waals surface area contributed by atoms with Crippen molar-refractivity contribution in [3.8, 4) is 11.1 Å². The number of nitrogens with zero attached hydrogens (tertiary/aromatic N) is 8. The molecule has 0 spiro atoms. The maximum atomic E-state index is 13.0. The van der Waals surface area contributed by atoms with Gasteiger partial charge < -0.3 is 53.2 Å². The molecule has 2 aliphatic carbocycles. The van der Waals surface area contributed by atoms with E-state index in [2.05, 4.69) is 72.7 Å². The third kappa shape index (κ3) is 10.0. The molecule has 12 nitrogen and oxygen atoms in total. The van der Waals surface area contributed by atoms with E-state index in [9.17, 15) is 9.90 Å². The second-order valence-electron chi connectivity index (χ2n) is 17.3. The van der Waals surface area contributed by atoms with Crippen molar-refractivity contribution in [3.63, 3.8) is 0 Å². The number of para-hydroxylation sites is 1. The van der Waals surface area contributed by atoms with E-state index in [1.165, 1.54) is 12.8 Å². The first-order valence-electron chi connectivity index (χ1n) is 21.7. The fourth-order valence-corrected chi connectivity index (χ4v) is 11.5. The van der Waals surface area contributed by atoms with Crippen LogP contribution in [0, 0.1) is 52.9 Å². The monoisotopic (exact) mass is 905 g/mol. The van der Waals surface area contributed by atoms with Gasteiger partial charge >= 0.3 is 5.97 Å². The summed E-state index contributed by atoms with van der Waals surface area (Å²) < 4.78 is 10.2. The molecule has 340 valence electrons. The van der Waals surface area contributed by atoms with E-state index in [-0.39, 0.29) is 46.0 Å². The molecule has 0 saturated heterocycles. The minimum atomic E-state index is -1.08. The topological polar surface area (TPSA) is 134 Å². The molecule has 5 heterocycles. The fourth-order valence-electron chi connectivity index (χ4n) is 10.7. The van der Waals surface area contributed by atoms with Crippen LogP contribution >= 0.6 is 11.3 Å². The first-order chi connectivity index (χ1) is 29.0. The molecule has 4 aromatic heterocycles. The van der Waals surface area contributed by atoms with Crippen LogP contribution in [-0.4, -0.2) is 84.3 Å². The quantitative estimate of drug-likeness (QED) is 0.0768. The number of hydrogen-bond acceptors (Lipinski definition) is 11. The van der Waals surface area contributed by atoms with Gasteiger partial charge in [-0.25, -0.2) is 14.8 Å². The van der Waals surface area contributed by atoms with E-state index < -0.39 is 5.97 Å². The van der Waals surface area contributed by atoms with E-state index in [1.54, 1.807) is 18.3 Å². The van der Waals surface area contributed by atoms with Crippen LogP contribution in [0.2, 0.25) is 0 Å². The summed E-state index contributed by atoms with van der Waals surface area (Å²) in [4.78, 5) is 26.7. The van der Waals surface area contributed by atoms with E-state index in [0.717, 1.165) is 115 Å². The van der Waals surface area contributed by atoms with Crippen LogP contribution in [0.15, 0.2) is 42.6 Å². The maximum absolute atomic E-state index is 13.0. The van der Waals surface area contributed by atoms with Gasteiger partial charge in [0.2, 0.25) is 0 Å². The van der Waals surface area contributed by atoms with Gasteiger partial charge in [0.15, 0.2) is 22.5 Å². The first-order valence-corrected chi connectivity index (χ1v) is 22.5. The molecule has 62 heavy (non-hydrogen) atoms. The second-order valence-corrected chi connectivity index (χ2v) is 18.4. The van der Waals surface area contributed by atoms with Gasteiger partial charge in [-0.1, -0.05) is 50.2 Å². The van der Waals surface area contributed by atoms with Gasteiger partial charge in [0.1, 0.15) is 5.82 Å². The van der Waals surface area contributed by atoms with Crippen LogP contribution in [0.3, 0.4) is 0 Å². The van der Waals surface area contributed by atoms with Crippen molar-refractivity contribution in [1.29, 1.82) is 0 Å². The second kappa shape index (κ2) is 20.7. The maximum Gasteiger partial charge on any atom is 0.355 e. The number of carboxylic acids is 1. The van der Waals surface area contributed by atoms with Crippen LogP contribution in [0.25, 0.3) is 21.3 Å².